The number of nitrogens with one attached hydrogen (secondary N) is 3. The molecule has 5 atom stereocenters. The zero-order valence-corrected chi connectivity index (χ0v) is 19.6. The van der Waals surface area contributed by atoms with Crippen LogP contribution in [-0.2, 0) is 28.8 Å². The molecule has 0 bridgehead atoms. The van der Waals surface area contributed by atoms with Crippen molar-refractivity contribution in [3.63, 3.8) is 0 Å². The summed E-state index contributed by atoms with van der Waals surface area (Å²) >= 11 is 0. The lowest BCUT2D eigenvalue weighted by atomic mass is 10.0. The highest BCUT2D eigenvalue weighted by Gasteiger charge is 2.32. The number of nitrogens with two attached hydrogens (primary N) is 3. The molecule has 0 radical (unpaired) electrons. The zero-order valence-electron chi connectivity index (χ0n) is 19.6. The monoisotopic (exact) mass is 504 g/mol. The van der Waals surface area contributed by atoms with Gasteiger partial charge in [0.05, 0.1) is 12.1 Å². The van der Waals surface area contributed by atoms with E-state index in [9.17, 15) is 39.0 Å². The summed E-state index contributed by atoms with van der Waals surface area (Å²) in [5, 5.41) is 34.8. The summed E-state index contributed by atoms with van der Waals surface area (Å²) in [6.45, 7) is 1.52. The third kappa shape index (κ3) is 13.2. The highest BCUT2D eigenvalue weighted by atomic mass is 16.4. The number of hydrogen-bond acceptors (Lipinski definition) is 9. The number of carbonyl (C=O) groups excluding carboxylic acids is 4. The van der Waals surface area contributed by atoms with Crippen molar-refractivity contribution >= 4 is 35.6 Å². The average molecular weight is 505 g/mol. The molecular weight excluding hydrogens is 468 g/mol. The maximum atomic E-state index is 12.8. The Labute approximate surface area is 202 Å². The number of carboxylic acid groups (broad SMARTS) is 2. The summed E-state index contributed by atoms with van der Waals surface area (Å²) in [4.78, 5) is 71.0. The fraction of sp³-hybridized carbons (Fsp3) is 0.700. The van der Waals surface area contributed by atoms with Crippen LogP contribution in [0.3, 0.4) is 0 Å². The maximum Gasteiger partial charge on any atom is 0.326 e. The Morgan fingerprint density at radius 1 is 0.800 bits per heavy atom. The van der Waals surface area contributed by atoms with Crippen LogP contribution in [0.15, 0.2) is 0 Å². The van der Waals surface area contributed by atoms with Gasteiger partial charge in [-0.05, 0) is 45.6 Å². The van der Waals surface area contributed by atoms with E-state index in [0.29, 0.717) is 19.4 Å². The second-order valence-electron chi connectivity index (χ2n) is 8.02. The number of hydrogen-bond donors (Lipinski definition) is 9. The van der Waals surface area contributed by atoms with E-state index in [1.807, 2.05) is 0 Å². The minimum Gasteiger partial charge on any atom is -0.481 e. The van der Waals surface area contributed by atoms with Crippen molar-refractivity contribution in [2.75, 3.05) is 6.54 Å². The van der Waals surface area contributed by atoms with E-state index in [1.165, 1.54) is 6.92 Å². The molecule has 15 heteroatoms. The first-order valence-corrected chi connectivity index (χ1v) is 11.1. The van der Waals surface area contributed by atoms with Crippen LogP contribution >= 0.6 is 0 Å². The largest absolute Gasteiger partial charge is 0.481 e. The fourth-order valence-electron chi connectivity index (χ4n) is 2.91. The Hall–Kier alpha value is -3.30. The van der Waals surface area contributed by atoms with Gasteiger partial charge in [-0.15, -0.1) is 0 Å². The predicted molar refractivity (Wildman–Crippen MR) is 121 cm³/mol. The van der Waals surface area contributed by atoms with Crippen LogP contribution in [0, 0.1) is 0 Å². The summed E-state index contributed by atoms with van der Waals surface area (Å²) in [6, 6.07) is -5.55. The molecule has 0 aromatic rings. The smallest absolute Gasteiger partial charge is 0.326 e. The first kappa shape index (κ1) is 31.7. The van der Waals surface area contributed by atoms with Crippen molar-refractivity contribution in [3.8, 4) is 0 Å². The van der Waals surface area contributed by atoms with Crippen LogP contribution in [0.25, 0.3) is 0 Å². The molecule has 5 unspecified atom stereocenters. The molecule has 0 aliphatic rings. The summed E-state index contributed by atoms with van der Waals surface area (Å²) < 4.78 is 0. The minimum atomic E-state index is -1.58. The Balaban J connectivity index is 5.43. The van der Waals surface area contributed by atoms with Gasteiger partial charge < -0.3 is 48.5 Å². The minimum absolute atomic E-state index is 0.0787. The number of rotatable bonds is 18. The first-order chi connectivity index (χ1) is 16.3. The molecule has 12 N–H and O–H groups in total. The number of aliphatic carboxylic acids is 2. The van der Waals surface area contributed by atoms with Crippen molar-refractivity contribution in [3.05, 3.63) is 0 Å². The van der Waals surface area contributed by atoms with E-state index in [4.69, 9.17) is 22.3 Å². The van der Waals surface area contributed by atoms with Crippen molar-refractivity contribution in [2.24, 2.45) is 17.2 Å². The van der Waals surface area contributed by atoms with Crippen molar-refractivity contribution in [1.82, 2.24) is 16.0 Å². The van der Waals surface area contributed by atoms with Crippen LogP contribution in [0.2, 0.25) is 0 Å². The topological polar surface area (TPSA) is 277 Å². The van der Waals surface area contributed by atoms with E-state index in [2.05, 4.69) is 16.0 Å². The van der Waals surface area contributed by atoms with E-state index in [1.54, 1.807) is 0 Å². The van der Waals surface area contributed by atoms with Crippen LogP contribution < -0.4 is 33.2 Å². The molecule has 0 aromatic heterocycles. The summed E-state index contributed by atoms with van der Waals surface area (Å²) in [7, 11) is 0. The molecule has 0 saturated carbocycles. The number of carbonyl (C=O) groups is 6. The van der Waals surface area contributed by atoms with Gasteiger partial charge in [0.15, 0.2) is 0 Å². The van der Waals surface area contributed by atoms with Crippen LogP contribution in [-0.4, -0.2) is 87.7 Å². The van der Waals surface area contributed by atoms with Crippen LogP contribution in [0.5, 0.6) is 0 Å². The van der Waals surface area contributed by atoms with Gasteiger partial charge in [-0.2, -0.15) is 0 Å². The van der Waals surface area contributed by atoms with Crippen molar-refractivity contribution in [2.45, 2.75) is 82.1 Å². The number of carboxylic acids is 2. The van der Waals surface area contributed by atoms with Crippen LogP contribution in [0.4, 0.5) is 0 Å². The summed E-state index contributed by atoms with van der Waals surface area (Å²) in [6.07, 6.45) is -1.64. The van der Waals surface area contributed by atoms with Gasteiger partial charge in [-0.1, -0.05) is 0 Å². The molecule has 200 valence electrons. The lowest BCUT2D eigenvalue weighted by molar-refractivity contribution is -0.143. The highest BCUT2D eigenvalue weighted by Crippen LogP contribution is 2.06. The van der Waals surface area contributed by atoms with Gasteiger partial charge in [-0.3, -0.25) is 24.0 Å². The molecule has 0 aliphatic carbocycles. The standard InChI is InChI=1S/C20H36N6O9/c1-10(27)16(26-17(31)11(22)5-8-15(29)30)19(33)24-12(6-7-14(23)28)18(32)25-13(20(34)35)4-2-3-9-21/h10-13,16,27H,2-9,21-22H2,1H3,(H2,23,28)(H,24,33)(H,25,32)(H,26,31)(H,29,30)(H,34,35). The van der Waals surface area contributed by atoms with Gasteiger partial charge in [0, 0.05) is 12.8 Å². The van der Waals surface area contributed by atoms with Crippen molar-refractivity contribution < 1.29 is 44.1 Å². The van der Waals surface area contributed by atoms with Crippen molar-refractivity contribution in [1.29, 1.82) is 0 Å². The fourth-order valence-corrected chi connectivity index (χ4v) is 2.91. The second kappa shape index (κ2) is 16.3. The molecule has 15 nitrogen and oxygen atoms in total. The molecule has 0 aliphatic heterocycles. The molecular formula is C20H36N6O9. The van der Waals surface area contributed by atoms with E-state index in [0.717, 1.165) is 0 Å². The van der Waals surface area contributed by atoms with Gasteiger partial charge in [-0.25, -0.2) is 4.79 Å². The van der Waals surface area contributed by atoms with Gasteiger partial charge in [0.25, 0.3) is 0 Å². The van der Waals surface area contributed by atoms with Gasteiger partial charge in [0.1, 0.15) is 18.1 Å². The quantitative estimate of drug-likeness (QED) is 0.0825. The maximum absolute atomic E-state index is 12.8. The summed E-state index contributed by atoms with van der Waals surface area (Å²) in [5.74, 6) is -6.09. The molecule has 0 saturated heterocycles. The zero-order chi connectivity index (χ0) is 27.1. The third-order valence-electron chi connectivity index (χ3n) is 4.94. The number of aliphatic hydroxyl groups is 1. The Kier molecular flexibility index (Phi) is 14.8. The first-order valence-electron chi connectivity index (χ1n) is 11.1. The third-order valence-corrected chi connectivity index (χ3v) is 4.94. The molecule has 35 heavy (non-hydrogen) atoms. The number of amides is 4. The molecule has 0 heterocycles. The van der Waals surface area contributed by atoms with Crippen LogP contribution in [0.1, 0.15) is 51.9 Å². The normalized spacial score (nSPS) is 15.1. The lowest BCUT2D eigenvalue weighted by Crippen LogP contribution is -2.59. The average Bonchev–Trinajstić information content (AvgIpc) is 2.76. The predicted octanol–water partition coefficient (Wildman–Crippen LogP) is -3.51. The van der Waals surface area contributed by atoms with Gasteiger partial charge in [0.2, 0.25) is 23.6 Å². The molecule has 0 fully saturated rings. The van der Waals surface area contributed by atoms with E-state index in [-0.39, 0.29) is 25.7 Å². The van der Waals surface area contributed by atoms with Gasteiger partial charge >= 0.3 is 11.9 Å². The van der Waals surface area contributed by atoms with E-state index >= 15 is 0 Å². The van der Waals surface area contributed by atoms with E-state index < -0.39 is 72.3 Å². The highest BCUT2D eigenvalue weighted by molar-refractivity contribution is 5.94. The molecule has 0 aromatic carbocycles. The Morgan fingerprint density at radius 3 is 1.89 bits per heavy atom. The lowest BCUT2D eigenvalue weighted by Gasteiger charge is -2.26. The summed E-state index contributed by atoms with van der Waals surface area (Å²) in [5.41, 5.74) is 16.1. The Morgan fingerprint density at radius 2 is 1.40 bits per heavy atom. The SMILES string of the molecule is CC(O)C(NC(=O)C(N)CCC(=O)O)C(=O)NC(CCC(N)=O)C(=O)NC(CCCCN)C(=O)O. The number of unbranched alkanes of at least 4 members (excludes halogenated alkanes) is 1. The number of aliphatic hydroxyl groups excluding tert-OH is 1. The molecule has 0 spiro atoms. The Bertz CT molecular complexity index is 761. The molecule has 4 amide bonds. The second-order valence-corrected chi connectivity index (χ2v) is 8.02. The molecule has 0 rings (SSSR count). The number of primary amides is 1.